The summed E-state index contributed by atoms with van der Waals surface area (Å²) < 4.78 is 0. The third-order valence-electron chi connectivity index (χ3n) is 6.33. The minimum atomic E-state index is -1.07. The monoisotopic (exact) mass is 260 g/mol. The Morgan fingerprint density at radius 1 is 0.944 bits per heavy atom. The summed E-state index contributed by atoms with van der Waals surface area (Å²) in [6.45, 7) is 7.89. The molecule has 0 spiro atoms. The van der Waals surface area contributed by atoms with Crippen molar-refractivity contribution in [3.05, 3.63) is 24.3 Å². The molecule has 0 aromatic carbocycles. The van der Waals surface area contributed by atoms with Crippen LogP contribution in [0, 0.1) is 17.8 Å². The molecule has 2 fully saturated rings. The molecule has 0 aromatic heterocycles. The molecule has 0 heterocycles. The van der Waals surface area contributed by atoms with Crippen molar-refractivity contribution >= 4 is 8.07 Å². The van der Waals surface area contributed by atoms with Gasteiger partial charge in [0.25, 0.3) is 0 Å². The molecule has 18 heavy (non-hydrogen) atoms. The van der Waals surface area contributed by atoms with E-state index in [0.29, 0.717) is 0 Å². The molecule has 4 atom stereocenters. The van der Waals surface area contributed by atoms with E-state index in [1.807, 2.05) is 0 Å². The van der Waals surface area contributed by atoms with Gasteiger partial charge in [-0.2, -0.15) is 0 Å². The van der Waals surface area contributed by atoms with Gasteiger partial charge in [0.15, 0.2) is 0 Å². The average molecular weight is 260 g/mol. The lowest BCUT2D eigenvalue weighted by Gasteiger charge is -2.39. The van der Waals surface area contributed by atoms with Crippen LogP contribution >= 0.6 is 0 Å². The molecule has 2 saturated carbocycles. The summed E-state index contributed by atoms with van der Waals surface area (Å²) in [5.74, 6) is 2.65. The quantitative estimate of drug-likeness (QED) is 0.583. The summed E-state index contributed by atoms with van der Waals surface area (Å²) in [6.07, 6.45) is 17.2. The van der Waals surface area contributed by atoms with Crippen LogP contribution in [-0.2, 0) is 0 Å². The maximum absolute atomic E-state index is 2.70. The summed E-state index contributed by atoms with van der Waals surface area (Å²) in [4.78, 5) is 0. The topological polar surface area (TPSA) is 0 Å². The van der Waals surface area contributed by atoms with Gasteiger partial charge in [-0.05, 0) is 35.3 Å². The van der Waals surface area contributed by atoms with E-state index in [2.05, 4.69) is 44.3 Å². The Balaban J connectivity index is 1.83. The molecule has 0 amide bonds. The average Bonchev–Trinajstić information content (AvgIpc) is 2.98. The SMILES string of the molecule is CC1CC([Si](C)(C)C2CCCC2)C2C=CC=CC12. The third-order valence-corrected chi connectivity index (χ3v) is 11.5. The van der Waals surface area contributed by atoms with E-state index in [0.717, 1.165) is 28.8 Å². The first kappa shape index (κ1) is 12.7. The second-order valence-corrected chi connectivity index (χ2v) is 12.7. The Morgan fingerprint density at radius 2 is 1.56 bits per heavy atom. The molecule has 3 rings (SSSR count). The van der Waals surface area contributed by atoms with Crippen LogP contribution in [0.15, 0.2) is 24.3 Å². The lowest BCUT2D eigenvalue weighted by atomic mass is 9.87. The molecule has 0 nitrogen and oxygen atoms in total. The molecule has 3 aliphatic rings. The van der Waals surface area contributed by atoms with Crippen molar-refractivity contribution in [2.24, 2.45) is 17.8 Å². The van der Waals surface area contributed by atoms with Crippen LogP contribution in [0.3, 0.4) is 0 Å². The number of hydrogen-bond donors (Lipinski definition) is 0. The van der Waals surface area contributed by atoms with Crippen molar-refractivity contribution in [2.75, 3.05) is 0 Å². The maximum atomic E-state index is 2.70. The van der Waals surface area contributed by atoms with Crippen molar-refractivity contribution < 1.29 is 0 Å². The highest BCUT2D eigenvalue weighted by atomic mass is 28.3. The first-order valence-corrected chi connectivity index (χ1v) is 11.1. The van der Waals surface area contributed by atoms with Crippen LogP contribution in [0.5, 0.6) is 0 Å². The molecular formula is C17H28Si. The fourth-order valence-corrected chi connectivity index (χ4v) is 9.91. The highest BCUT2D eigenvalue weighted by Crippen LogP contribution is 2.57. The zero-order chi connectivity index (χ0) is 12.8. The highest BCUT2D eigenvalue weighted by Gasteiger charge is 2.49. The van der Waals surface area contributed by atoms with E-state index >= 15 is 0 Å². The highest BCUT2D eigenvalue weighted by molar-refractivity contribution is 6.80. The minimum Gasteiger partial charge on any atom is -0.0808 e. The maximum Gasteiger partial charge on any atom is 0.0542 e. The zero-order valence-electron chi connectivity index (χ0n) is 12.2. The van der Waals surface area contributed by atoms with Gasteiger partial charge < -0.3 is 0 Å². The number of allylic oxidation sites excluding steroid dienone is 4. The Morgan fingerprint density at radius 3 is 2.22 bits per heavy atom. The zero-order valence-corrected chi connectivity index (χ0v) is 13.2. The van der Waals surface area contributed by atoms with E-state index in [1.165, 1.54) is 19.3 Å². The number of rotatable bonds is 2. The molecule has 0 bridgehead atoms. The van der Waals surface area contributed by atoms with Crippen LogP contribution < -0.4 is 0 Å². The number of fused-ring (bicyclic) bond motifs is 1. The van der Waals surface area contributed by atoms with Crippen molar-refractivity contribution in [3.63, 3.8) is 0 Å². The van der Waals surface area contributed by atoms with Crippen LogP contribution in [-0.4, -0.2) is 8.07 Å². The van der Waals surface area contributed by atoms with Crippen molar-refractivity contribution in [3.8, 4) is 0 Å². The Bertz CT molecular complexity index is 360. The summed E-state index contributed by atoms with van der Waals surface area (Å²) in [5.41, 5.74) is 2.16. The van der Waals surface area contributed by atoms with Gasteiger partial charge in [0.1, 0.15) is 0 Å². The van der Waals surface area contributed by atoms with Gasteiger partial charge in [-0.15, -0.1) is 0 Å². The Hall–Kier alpha value is -0.303. The Kier molecular flexibility index (Phi) is 3.30. The molecule has 4 unspecified atom stereocenters. The molecule has 0 aromatic rings. The van der Waals surface area contributed by atoms with E-state index in [4.69, 9.17) is 0 Å². The van der Waals surface area contributed by atoms with Gasteiger partial charge in [-0.3, -0.25) is 0 Å². The molecule has 1 heteroatoms. The van der Waals surface area contributed by atoms with Crippen LogP contribution in [0.25, 0.3) is 0 Å². The first-order valence-electron chi connectivity index (χ1n) is 7.95. The molecule has 0 saturated heterocycles. The molecule has 0 N–H and O–H groups in total. The van der Waals surface area contributed by atoms with Crippen LogP contribution in [0.1, 0.15) is 39.0 Å². The predicted octanol–water partition coefficient (Wildman–Crippen LogP) is 5.41. The minimum absolute atomic E-state index is 0.855. The summed E-state index contributed by atoms with van der Waals surface area (Å²) in [7, 11) is -1.07. The standard InChI is InChI=1S/C17H28Si/c1-13-12-17(16-11-7-6-10-15(13)16)18(2,3)14-8-4-5-9-14/h6-7,10-11,13-17H,4-5,8-9,12H2,1-3H3. The lowest BCUT2D eigenvalue weighted by molar-refractivity contribution is 0.450. The van der Waals surface area contributed by atoms with E-state index < -0.39 is 8.07 Å². The van der Waals surface area contributed by atoms with Gasteiger partial charge in [-0.1, -0.05) is 70.0 Å². The lowest BCUT2D eigenvalue weighted by Crippen LogP contribution is -2.39. The summed E-state index contributed by atoms with van der Waals surface area (Å²) in [6, 6.07) is 0. The predicted molar refractivity (Wildman–Crippen MR) is 82.5 cm³/mol. The van der Waals surface area contributed by atoms with Gasteiger partial charge in [-0.25, -0.2) is 0 Å². The molecule has 3 aliphatic carbocycles. The fraction of sp³-hybridized carbons (Fsp3) is 0.765. The van der Waals surface area contributed by atoms with Crippen LogP contribution in [0.2, 0.25) is 24.2 Å². The smallest absolute Gasteiger partial charge is 0.0542 e. The summed E-state index contributed by atoms with van der Waals surface area (Å²) >= 11 is 0. The fourth-order valence-electron chi connectivity index (χ4n) is 5.10. The van der Waals surface area contributed by atoms with Crippen LogP contribution in [0.4, 0.5) is 0 Å². The second-order valence-electron chi connectivity index (χ2n) is 7.55. The molecule has 0 aliphatic heterocycles. The number of hydrogen-bond acceptors (Lipinski definition) is 0. The second kappa shape index (κ2) is 4.66. The van der Waals surface area contributed by atoms with Crippen molar-refractivity contribution in [1.82, 2.24) is 0 Å². The largest absolute Gasteiger partial charge is 0.0808 e. The molecular weight excluding hydrogens is 232 g/mol. The normalized spacial score (nSPS) is 40.4. The Labute approximate surface area is 114 Å². The molecule has 100 valence electrons. The van der Waals surface area contributed by atoms with Crippen molar-refractivity contribution in [1.29, 1.82) is 0 Å². The third kappa shape index (κ3) is 1.95. The van der Waals surface area contributed by atoms with E-state index in [-0.39, 0.29) is 0 Å². The van der Waals surface area contributed by atoms with Crippen molar-refractivity contribution in [2.45, 2.75) is 63.2 Å². The first-order chi connectivity index (χ1) is 8.60. The van der Waals surface area contributed by atoms with E-state index in [9.17, 15) is 0 Å². The van der Waals surface area contributed by atoms with Gasteiger partial charge in [0.05, 0.1) is 8.07 Å². The summed E-state index contributed by atoms with van der Waals surface area (Å²) in [5, 5.41) is 0. The van der Waals surface area contributed by atoms with E-state index in [1.54, 1.807) is 12.8 Å². The van der Waals surface area contributed by atoms with Gasteiger partial charge in [0, 0.05) is 0 Å². The molecule has 0 radical (unpaired) electrons. The van der Waals surface area contributed by atoms with Gasteiger partial charge >= 0.3 is 0 Å². The van der Waals surface area contributed by atoms with Gasteiger partial charge in [0.2, 0.25) is 0 Å².